The monoisotopic (exact) mass is 241 g/mol. The molecule has 1 amide bonds. The maximum atomic E-state index is 11.8. The summed E-state index contributed by atoms with van der Waals surface area (Å²) in [6, 6.07) is -0.000984. The highest BCUT2D eigenvalue weighted by molar-refractivity contribution is 5.81. The molecular formula is C13H27N3O. The number of carbonyl (C=O) groups excluding carboxylic acids is 1. The van der Waals surface area contributed by atoms with Crippen molar-refractivity contribution >= 4 is 5.91 Å². The third-order valence-corrected chi connectivity index (χ3v) is 3.11. The third kappa shape index (κ3) is 5.50. The first-order valence-corrected chi connectivity index (χ1v) is 6.56. The van der Waals surface area contributed by atoms with Gasteiger partial charge in [0.1, 0.15) is 0 Å². The zero-order valence-corrected chi connectivity index (χ0v) is 11.7. The van der Waals surface area contributed by atoms with Crippen LogP contribution in [0.4, 0.5) is 0 Å². The van der Waals surface area contributed by atoms with Gasteiger partial charge in [0.05, 0.1) is 6.04 Å². The number of hydrogen-bond donors (Lipinski definition) is 2. The van der Waals surface area contributed by atoms with Gasteiger partial charge in [-0.25, -0.2) is 0 Å². The largest absolute Gasteiger partial charge is 0.355 e. The molecule has 1 saturated heterocycles. The molecule has 1 aliphatic rings. The normalized spacial score (nSPS) is 22.4. The molecule has 0 aromatic rings. The van der Waals surface area contributed by atoms with Crippen molar-refractivity contribution in [3.63, 3.8) is 0 Å². The van der Waals surface area contributed by atoms with Gasteiger partial charge in [-0.3, -0.25) is 4.79 Å². The molecular weight excluding hydrogens is 214 g/mol. The topological polar surface area (TPSA) is 44.4 Å². The Hall–Kier alpha value is -0.610. The van der Waals surface area contributed by atoms with E-state index in [4.69, 9.17) is 0 Å². The third-order valence-electron chi connectivity index (χ3n) is 3.11. The van der Waals surface area contributed by atoms with Gasteiger partial charge in [0.15, 0.2) is 0 Å². The van der Waals surface area contributed by atoms with Crippen molar-refractivity contribution in [1.29, 1.82) is 0 Å². The average Bonchev–Trinajstić information content (AvgIpc) is 2.38. The Kier molecular flexibility index (Phi) is 5.40. The molecule has 0 aromatic heterocycles. The molecule has 1 rings (SSSR count). The van der Waals surface area contributed by atoms with Crippen LogP contribution >= 0.6 is 0 Å². The van der Waals surface area contributed by atoms with E-state index in [9.17, 15) is 4.79 Å². The molecule has 2 N–H and O–H groups in total. The first-order chi connectivity index (χ1) is 7.91. The van der Waals surface area contributed by atoms with E-state index in [1.54, 1.807) is 0 Å². The summed E-state index contributed by atoms with van der Waals surface area (Å²) in [6.07, 6.45) is 3.19. The molecule has 0 aromatic carbocycles. The van der Waals surface area contributed by atoms with E-state index < -0.39 is 0 Å². The highest BCUT2D eigenvalue weighted by Crippen LogP contribution is 2.15. The Morgan fingerprint density at radius 3 is 2.76 bits per heavy atom. The zero-order chi connectivity index (χ0) is 12.9. The smallest absolute Gasteiger partial charge is 0.237 e. The van der Waals surface area contributed by atoms with Gasteiger partial charge in [-0.1, -0.05) is 13.8 Å². The van der Waals surface area contributed by atoms with Gasteiger partial charge in [0.25, 0.3) is 0 Å². The van der Waals surface area contributed by atoms with E-state index in [-0.39, 0.29) is 17.4 Å². The van der Waals surface area contributed by atoms with Crippen LogP contribution in [0.3, 0.4) is 0 Å². The Balaban J connectivity index is 2.39. The van der Waals surface area contributed by atoms with Crippen LogP contribution in [-0.2, 0) is 4.79 Å². The number of hydrogen-bond acceptors (Lipinski definition) is 3. The van der Waals surface area contributed by atoms with Crippen molar-refractivity contribution in [3.8, 4) is 0 Å². The first-order valence-electron chi connectivity index (χ1n) is 6.56. The van der Waals surface area contributed by atoms with Crippen LogP contribution in [-0.4, -0.2) is 50.6 Å². The fourth-order valence-electron chi connectivity index (χ4n) is 2.45. The van der Waals surface area contributed by atoms with Gasteiger partial charge in [-0.15, -0.1) is 0 Å². The van der Waals surface area contributed by atoms with Gasteiger partial charge >= 0.3 is 0 Å². The highest BCUT2D eigenvalue weighted by atomic mass is 16.2. The van der Waals surface area contributed by atoms with Gasteiger partial charge in [0, 0.05) is 19.6 Å². The lowest BCUT2D eigenvalue weighted by Gasteiger charge is -2.30. The predicted molar refractivity (Wildman–Crippen MR) is 71.0 cm³/mol. The summed E-state index contributed by atoms with van der Waals surface area (Å²) >= 11 is 0. The quantitative estimate of drug-likeness (QED) is 0.749. The van der Waals surface area contributed by atoms with Crippen molar-refractivity contribution in [2.75, 3.05) is 33.7 Å². The Bertz CT molecular complexity index is 251. The first kappa shape index (κ1) is 14.5. The number of nitrogens with zero attached hydrogens (tertiary/aromatic N) is 1. The molecule has 0 bridgehead atoms. The summed E-state index contributed by atoms with van der Waals surface area (Å²) in [4.78, 5) is 14.0. The van der Waals surface area contributed by atoms with Crippen molar-refractivity contribution < 1.29 is 4.79 Å². The minimum atomic E-state index is -0.000984. The van der Waals surface area contributed by atoms with E-state index in [2.05, 4.69) is 43.5 Å². The lowest BCUT2D eigenvalue weighted by Crippen LogP contribution is -2.47. The molecule has 1 heterocycles. The van der Waals surface area contributed by atoms with E-state index in [1.165, 1.54) is 0 Å². The van der Waals surface area contributed by atoms with Gasteiger partial charge in [-0.2, -0.15) is 0 Å². The molecule has 1 aliphatic heterocycles. The zero-order valence-electron chi connectivity index (χ0n) is 11.7. The van der Waals surface area contributed by atoms with Gasteiger partial charge < -0.3 is 15.5 Å². The van der Waals surface area contributed by atoms with E-state index in [0.717, 1.165) is 38.9 Å². The lowest BCUT2D eigenvalue weighted by molar-refractivity contribution is -0.122. The highest BCUT2D eigenvalue weighted by Gasteiger charge is 2.24. The second kappa shape index (κ2) is 6.36. The molecule has 100 valence electrons. The summed E-state index contributed by atoms with van der Waals surface area (Å²) < 4.78 is 0. The standard InChI is InChI=1S/C13H27N3O/c1-13(2,10-16(3)4)9-15-11-7-5-6-8-14-12(11)17/h11,15H,5-10H2,1-4H3,(H,14,17). The van der Waals surface area contributed by atoms with Crippen molar-refractivity contribution in [1.82, 2.24) is 15.5 Å². The van der Waals surface area contributed by atoms with Crippen LogP contribution in [0.1, 0.15) is 33.1 Å². The fraction of sp³-hybridized carbons (Fsp3) is 0.923. The molecule has 4 nitrogen and oxygen atoms in total. The number of nitrogens with one attached hydrogen (secondary N) is 2. The molecule has 0 radical (unpaired) electrons. The molecule has 1 unspecified atom stereocenters. The van der Waals surface area contributed by atoms with Crippen LogP contribution < -0.4 is 10.6 Å². The van der Waals surface area contributed by atoms with Gasteiger partial charge in [-0.05, 0) is 38.8 Å². The van der Waals surface area contributed by atoms with Crippen LogP contribution in [0, 0.1) is 5.41 Å². The van der Waals surface area contributed by atoms with Crippen molar-refractivity contribution in [2.45, 2.75) is 39.2 Å². The summed E-state index contributed by atoms with van der Waals surface area (Å²) in [5.41, 5.74) is 0.191. The molecule has 1 atom stereocenters. The number of amides is 1. The van der Waals surface area contributed by atoms with Crippen LogP contribution in [0.15, 0.2) is 0 Å². The SMILES string of the molecule is CN(C)CC(C)(C)CNC1CCCCNC1=O. The average molecular weight is 241 g/mol. The molecule has 4 heteroatoms. The molecule has 0 spiro atoms. The van der Waals surface area contributed by atoms with E-state index in [1.807, 2.05) is 0 Å². The summed E-state index contributed by atoms with van der Waals surface area (Å²) in [7, 11) is 4.17. The second-order valence-electron chi connectivity index (χ2n) is 6.12. The minimum Gasteiger partial charge on any atom is -0.355 e. The Morgan fingerprint density at radius 1 is 1.41 bits per heavy atom. The fourth-order valence-corrected chi connectivity index (χ4v) is 2.45. The van der Waals surface area contributed by atoms with Crippen LogP contribution in [0.2, 0.25) is 0 Å². The molecule has 0 aliphatic carbocycles. The van der Waals surface area contributed by atoms with E-state index in [0.29, 0.717) is 0 Å². The summed E-state index contributed by atoms with van der Waals surface area (Å²) in [5, 5.41) is 6.38. The van der Waals surface area contributed by atoms with Crippen molar-refractivity contribution in [2.24, 2.45) is 5.41 Å². The maximum absolute atomic E-state index is 11.8. The molecule has 0 saturated carbocycles. The summed E-state index contributed by atoms with van der Waals surface area (Å²) in [5.74, 6) is 0.170. The molecule has 17 heavy (non-hydrogen) atoms. The van der Waals surface area contributed by atoms with Crippen molar-refractivity contribution in [3.05, 3.63) is 0 Å². The predicted octanol–water partition coefficient (Wildman–Crippen LogP) is 0.833. The lowest BCUT2D eigenvalue weighted by atomic mass is 9.92. The molecule has 1 fully saturated rings. The second-order valence-corrected chi connectivity index (χ2v) is 6.12. The maximum Gasteiger partial charge on any atom is 0.237 e. The van der Waals surface area contributed by atoms with Crippen LogP contribution in [0.25, 0.3) is 0 Å². The number of carbonyl (C=O) groups is 1. The van der Waals surface area contributed by atoms with E-state index >= 15 is 0 Å². The minimum absolute atomic E-state index is 0.000984. The van der Waals surface area contributed by atoms with Gasteiger partial charge in [0.2, 0.25) is 5.91 Å². The number of rotatable bonds is 5. The Morgan fingerprint density at radius 2 is 2.12 bits per heavy atom. The Labute approximate surface area is 105 Å². The van der Waals surface area contributed by atoms with Crippen LogP contribution in [0.5, 0.6) is 0 Å². The summed E-state index contributed by atoms with van der Waals surface area (Å²) in [6.45, 7) is 7.19.